The maximum Gasteiger partial charge on any atom is 0.161 e. The number of fused-ring (bicyclic) bond motifs is 1. The van der Waals surface area contributed by atoms with Crippen LogP contribution in [0.25, 0.3) is 39.5 Å². The van der Waals surface area contributed by atoms with Crippen LogP contribution >= 0.6 is 0 Å². The zero-order valence-corrected chi connectivity index (χ0v) is 18.5. The van der Waals surface area contributed by atoms with E-state index in [0.29, 0.717) is 0 Å². The molecule has 0 bridgehead atoms. The molecule has 2 N–H and O–H groups in total. The van der Waals surface area contributed by atoms with Crippen molar-refractivity contribution in [3.8, 4) is 22.8 Å². The number of nitrogens with one attached hydrogen (secondary N) is 2. The molecule has 0 unspecified atom stereocenters. The normalized spacial score (nSPS) is 15.2. The summed E-state index contributed by atoms with van der Waals surface area (Å²) in [6, 6.07) is 7.92. The van der Waals surface area contributed by atoms with E-state index < -0.39 is 0 Å². The molecule has 32 heavy (non-hydrogen) atoms. The van der Waals surface area contributed by atoms with Gasteiger partial charge < -0.3 is 9.88 Å². The molecule has 1 aliphatic heterocycles. The summed E-state index contributed by atoms with van der Waals surface area (Å²) in [7, 11) is 0. The first kappa shape index (κ1) is 20.2. The first-order valence-electron chi connectivity index (χ1n) is 11.2. The standard InChI is InChI=1S/C25H27N7/c1-3-4-8-21(32-15-6-5-7-16-32)22-17(2)27-25(29-22)24-23-20(30-31-24)10-9-19(28-23)18-11-13-26-14-12-18/h3-4,8-14H,5-7,15-16H2,1-2H3,(H,27,29)(H,30,31)/b4-3-,21-8+. The van der Waals surface area contributed by atoms with Gasteiger partial charge in [0.25, 0.3) is 0 Å². The second-order valence-corrected chi connectivity index (χ2v) is 8.09. The van der Waals surface area contributed by atoms with E-state index in [0.717, 1.165) is 64.0 Å². The van der Waals surface area contributed by atoms with Crippen LogP contribution in [-0.4, -0.2) is 48.1 Å². The van der Waals surface area contributed by atoms with Crippen molar-refractivity contribution in [3.05, 3.63) is 66.3 Å². The van der Waals surface area contributed by atoms with Gasteiger partial charge in [0.1, 0.15) is 11.2 Å². The monoisotopic (exact) mass is 425 g/mol. The number of piperidine rings is 1. The van der Waals surface area contributed by atoms with Gasteiger partial charge in [0.2, 0.25) is 0 Å². The Balaban J connectivity index is 1.57. The number of hydrogen-bond acceptors (Lipinski definition) is 5. The summed E-state index contributed by atoms with van der Waals surface area (Å²) in [5.74, 6) is 0.728. The van der Waals surface area contributed by atoms with E-state index in [1.54, 1.807) is 12.4 Å². The number of H-pyrrole nitrogens is 2. The molecule has 0 saturated carbocycles. The summed E-state index contributed by atoms with van der Waals surface area (Å²) in [6.07, 6.45) is 13.6. The largest absolute Gasteiger partial charge is 0.370 e. The Morgan fingerprint density at radius 1 is 1.03 bits per heavy atom. The van der Waals surface area contributed by atoms with Gasteiger partial charge in [-0.1, -0.05) is 12.2 Å². The lowest BCUT2D eigenvalue weighted by atomic mass is 10.1. The highest BCUT2D eigenvalue weighted by Crippen LogP contribution is 2.30. The van der Waals surface area contributed by atoms with Crippen LogP contribution in [0.15, 0.2) is 54.9 Å². The van der Waals surface area contributed by atoms with Gasteiger partial charge in [0.05, 0.1) is 16.9 Å². The maximum absolute atomic E-state index is 5.00. The van der Waals surface area contributed by atoms with Crippen molar-refractivity contribution in [2.75, 3.05) is 13.1 Å². The number of imidazole rings is 1. The third kappa shape index (κ3) is 3.82. The molecule has 0 spiro atoms. The topological polar surface area (TPSA) is 86.4 Å². The molecule has 7 nitrogen and oxygen atoms in total. The lowest BCUT2D eigenvalue weighted by molar-refractivity contribution is 0.325. The fourth-order valence-electron chi connectivity index (χ4n) is 4.23. The second kappa shape index (κ2) is 8.78. The molecule has 1 fully saturated rings. The molecule has 7 heteroatoms. The molecule has 0 atom stereocenters. The zero-order valence-electron chi connectivity index (χ0n) is 18.5. The molecular weight excluding hydrogens is 398 g/mol. The van der Waals surface area contributed by atoms with Crippen molar-refractivity contribution in [1.82, 2.24) is 35.0 Å². The van der Waals surface area contributed by atoms with E-state index in [4.69, 9.17) is 9.97 Å². The van der Waals surface area contributed by atoms with Crippen LogP contribution in [0.1, 0.15) is 37.6 Å². The number of hydrogen-bond donors (Lipinski definition) is 2. The van der Waals surface area contributed by atoms with Crippen LogP contribution in [0, 0.1) is 6.92 Å². The van der Waals surface area contributed by atoms with Crippen LogP contribution in [0.3, 0.4) is 0 Å². The molecule has 5 rings (SSSR count). The predicted molar refractivity (Wildman–Crippen MR) is 128 cm³/mol. The van der Waals surface area contributed by atoms with E-state index in [1.807, 2.05) is 31.2 Å². The molecule has 4 aromatic rings. The van der Waals surface area contributed by atoms with Crippen molar-refractivity contribution >= 4 is 16.7 Å². The fraction of sp³-hybridized carbons (Fsp3) is 0.280. The highest BCUT2D eigenvalue weighted by molar-refractivity contribution is 5.89. The molecule has 0 radical (unpaired) electrons. The van der Waals surface area contributed by atoms with Crippen molar-refractivity contribution in [1.29, 1.82) is 0 Å². The predicted octanol–water partition coefficient (Wildman–Crippen LogP) is 5.12. The number of nitrogens with zero attached hydrogens (tertiary/aromatic N) is 5. The van der Waals surface area contributed by atoms with Crippen LogP contribution in [0.2, 0.25) is 0 Å². The quantitative estimate of drug-likeness (QED) is 0.433. The highest BCUT2D eigenvalue weighted by atomic mass is 15.2. The minimum absolute atomic E-state index is 0.728. The summed E-state index contributed by atoms with van der Waals surface area (Å²) >= 11 is 0. The van der Waals surface area contributed by atoms with E-state index in [1.165, 1.54) is 19.3 Å². The maximum atomic E-state index is 5.00. The first-order chi connectivity index (χ1) is 15.7. The van der Waals surface area contributed by atoms with Gasteiger partial charge >= 0.3 is 0 Å². The Labute approximate surface area is 187 Å². The fourth-order valence-corrected chi connectivity index (χ4v) is 4.23. The van der Waals surface area contributed by atoms with Gasteiger partial charge in [0, 0.05) is 36.7 Å². The third-order valence-corrected chi connectivity index (χ3v) is 5.88. The van der Waals surface area contributed by atoms with Crippen LogP contribution in [-0.2, 0) is 0 Å². The summed E-state index contributed by atoms with van der Waals surface area (Å²) in [4.78, 5) is 19.9. The Morgan fingerprint density at radius 3 is 2.62 bits per heavy atom. The Kier molecular flexibility index (Phi) is 5.54. The average Bonchev–Trinajstić information content (AvgIpc) is 3.43. The summed E-state index contributed by atoms with van der Waals surface area (Å²) in [5, 5.41) is 7.65. The van der Waals surface area contributed by atoms with Crippen molar-refractivity contribution in [2.24, 2.45) is 0 Å². The lowest BCUT2D eigenvalue weighted by Gasteiger charge is -2.30. The number of likely N-dealkylation sites (tertiary alicyclic amines) is 1. The van der Waals surface area contributed by atoms with Gasteiger partial charge in [-0.05, 0) is 63.5 Å². The molecule has 0 aliphatic carbocycles. The van der Waals surface area contributed by atoms with E-state index in [2.05, 4.69) is 50.2 Å². The number of allylic oxidation sites excluding steroid dienone is 3. The number of aromatic amines is 2. The number of aryl methyl sites for hydroxylation is 1. The van der Waals surface area contributed by atoms with Crippen molar-refractivity contribution in [2.45, 2.75) is 33.1 Å². The molecule has 4 aromatic heterocycles. The molecule has 162 valence electrons. The first-order valence-corrected chi connectivity index (χ1v) is 11.2. The van der Waals surface area contributed by atoms with Gasteiger partial charge in [-0.2, -0.15) is 5.10 Å². The molecule has 1 saturated heterocycles. The van der Waals surface area contributed by atoms with Gasteiger partial charge in [-0.25, -0.2) is 9.97 Å². The SMILES string of the molecule is C/C=C\C=C(/c1nc(-c2n[nH]c3ccc(-c4ccncc4)nc23)[nH]c1C)N1CCCCC1. The molecular formula is C25H27N7. The zero-order chi connectivity index (χ0) is 21.9. The Bertz CT molecular complexity index is 1270. The van der Waals surface area contributed by atoms with E-state index in [-0.39, 0.29) is 0 Å². The smallest absolute Gasteiger partial charge is 0.161 e. The molecule has 1 aliphatic rings. The van der Waals surface area contributed by atoms with E-state index >= 15 is 0 Å². The molecule has 0 aromatic carbocycles. The number of pyridine rings is 2. The molecule has 0 amide bonds. The lowest BCUT2D eigenvalue weighted by Crippen LogP contribution is -2.28. The van der Waals surface area contributed by atoms with Crippen molar-refractivity contribution in [3.63, 3.8) is 0 Å². The van der Waals surface area contributed by atoms with Crippen molar-refractivity contribution < 1.29 is 0 Å². The minimum Gasteiger partial charge on any atom is -0.370 e. The second-order valence-electron chi connectivity index (χ2n) is 8.09. The number of rotatable bonds is 5. The summed E-state index contributed by atoms with van der Waals surface area (Å²) in [5.41, 5.74) is 7.48. The van der Waals surface area contributed by atoms with Crippen LogP contribution in [0.5, 0.6) is 0 Å². The van der Waals surface area contributed by atoms with E-state index in [9.17, 15) is 0 Å². The van der Waals surface area contributed by atoms with Crippen LogP contribution < -0.4 is 0 Å². The van der Waals surface area contributed by atoms with Gasteiger partial charge in [0.15, 0.2) is 11.5 Å². The summed E-state index contributed by atoms with van der Waals surface area (Å²) in [6.45, 7) is 6.24. The molecule has 5 heterocycles. The average molecular weight is 426 g/mol. The highest BCUT2D eigenvalue weighted by Gasteiger charge is 2.22. The minimum atomic E-state index is 0.728. The van der Waals surface area contributed by atoms with Crippen LogP contribution in [0.4, 0.5) is 0 Å². The Morgan fingerprint density at radius 2 is 1.84 bits per heavy atom. The van der Waals surface area contributed by atoms with Gasteiger partial charge in [-0.15, -0.1) is 0 Å². The summed E-state index contributed by atoms with van der Waals surface area (Å²) < 4.78 is 0. The third-order valence-electron chi connectivity index (χ3n) is 5.88. The Hall–Kier alpha value is -3.74. The van der Waals surface area contributed by atoms with Gasteiger partial charge in [-0.3, -0.25) is 10.1 Å². The number of aromatic nitrogens is 6.